The van der Waals surface area contributed by atoms with E-state index in [1.54, 1.807) is 6.07 Å². The molecule has 0 saturated carbocycles. The van der Waals surface area contributed by atoms with Crippen LogP contribution in [0.15, 0.2) is 84.9 Å². The zero-order valence-electron chi connectivity index (χ0n) is 24.3. The molecule has 0 aliphatic carbocycles. The molecule has 0 unspecified atom stereocenters. The average Bonchev–Trinajstić information content (AvgIpc) is 3.47. The monoisotopic (exact) mass is 618 g/mol. The Kier molecular flexibility index (Phi) is 8.72. The van der Waals surface area contributed by atoms with Crippen LogP contribution in [0.3, 0.4) is 0 Å². The van der Waals surface area contributed by atoms with Crippen molar-refractivity contribution in [3.8, 4) is 23.0 Å². The predicted molar refractivity (Wildman–Crippen MR) is 161 cm³/mol. The van der Waals surface area contributed by atoms with E-state index in [0.29, 0.717) is 69.8 Å². The second-order valence-corrected chi connectivity index (χ2v) is 10.6. The number of halogens is 2. The van der Waals surface area contributed by atoms with Crippen molar-refractivity contribution < 1.29 is 42.7 Å². The number of phenolic OH excluding ortho intramolecular Hbond substituents is 2. The molecule has 0 bridgehead atoms. The summed E-state index contributed by atoms with van der Waals surface area (Å²) >= 11 is 0. The smallest absolute Gasteiger partial charge is 0.305 e. The first-order chi connectivity index (χ1) is 21.9. The van der Waals surface area contributed by atoms with E-state index < -0.39 is 29.0 Å². The molecular weight excluding hydrogens is 586 g/mol. The molecule has 0 radical (unpaired) electrons. The van der Waals surface area contributed by atoms with Gasteiger partial charge in [0.25, 0.3) is 5.91 Å². The fraction of sp³-hybridized carbons (Fsp3) is 0.265. The van der Waals surface area contributed by atoms with Crippen molar-refractivity contribution in [2.24, 2.45) is 0 Å². The molecule has 0 atom stereocenters. The first-order valence-corrected chi connectivity index (χ1v) is 14.6. The van der Waals surface area contributed by atoms with Crippen LogP contribution in [-0.2, 0) is 15.3 Å². The molecule has 2 fully saturated rings. The van der Waals surface area contributed by atoms with Gasteiger partial charge in [-0.25, -0.2) is 8.78 Å². The lowest BCUT2D eigenvalue weighted by molar-refractivity contribution is -0.0459. The zero-order valence-corrected chi connectivity index (χ0v) is 24.3. The van der Waals surface area contributed by atoms with E-state index in [1.165, 1.54) is 11.0 Å². The minimum Gasteiger partial charge on any atom is -0.504 e. The summed E-state index contributed by atoms with van der Waals surface area (Å²) in [5.41, 5.74) is 1.97. The minimum absolute atomic E-state index is 0.248. The lowest BCUT2D eigenvalue weighted by Crippen LogP contribution is -2.41. The summed E-state index contributed by atoms with van der Waals surface area (Å²) in [6.45, 7) is 4.09. The number of nitrogens with zero attached hydrogens (tertiary/aromatic N) is 2. The molecular formula is C34H32F2N2O7. The van der Waals surface area contributed by atoms with Crippen molar-refractivity contribution in [3.63, 3.8) is 0 Å². The highest BCUT2D eigenvalue weighted by atomic mass is 19.1. The van der Waals surface area contributed by atoms with Gasteiger partial charge < -0.3 is 39.0 Å². The van der Waals surface area contributed by atoms with Gasteiger partial charge in [0.1, 0.15) is 11.6 Å². The van der Waals surface area contributed by atoms with Crippen LogP contribution in [0.5, 0.6) is 23.0 Å². The first kappa shape index (κ1) is 30.2. The lowest BCUT2D eigenvalue weighted by Gasteiger charge is -2.29. The third kappa shape index (κ3) is 6.22. The number of anilines is 1. The second kappa shape index (κ2) is 13.0. The van der Waals surface area contributed by atoms with Crippen LogP contribution in [0.2, 0.25) is 0 Å². The molecule has 7 rings (SSSR count). The second-order valence-electron chi connectivity index (χ2n) is 10.6. The van der Waals surface area contributed by atoms with Gasteiger partial charge in [-0.1, -0.05) is 60.7 Å². The molecule has 0 spiro atoms. The normalized spacial score (nSPS) is 16.9. The molecule has 0 aromatic heterocycles. The van der Waals surface area contributed by atoms with Crippen LogP contribution in [0.4, 0.5) is 14.5 Å². The highest BCUT2D eigenvalue weighted by Crippen LogP contribution is 2.49. The molecule has 3 heterocycles. The van der Waals surface area contributed by atoms with Gasteiger partial charge >= 0.3 is 5.79 Å². The maximum atomic E-state index is 14.9. The fourth-order valence-electron chi connectivity index (χ4n) is 5.43. The van der Waals surface area contributed by atoms with Gasteiger partial charge in [-0.05, 0) is 6.07 Å². The minimum atomic E-state index is -1.14. The van der Waals surface area contributed by atoms with E-state index >= 15 is 0 Å². The summed E-state index contributed by atoms with van der Waals surface area (Å²) in [7, 11) is 0. The highest BCUT2D eigenvalue weighted by Gasteiger charge is 2.46. The number of fused-ring (bicyclic) bond motifs is 1. The number of carbonyl (C=O) groups excluding carboxylic acids is 1. The predicted octanol–water partition coefficient (Wildman–Crippen LogP) is 5.04. The molecule has 4 aromatic rings. The summed E-state index contributed by atoms with van der Waals surface area (Å²) < 4.78 is 51.5. The van der Waals surface area contributed by atoms with E-state index in [2.05, 4.69) is 0 Å². The van der Waals surface area contributed by atoms with E-state index in [-0.39, 0.29) is 11.4 Å². The number of rotatable bonds is 4. The summed E-state index contributed by atoms with van der Waals surface area (Å²) in [5.74, 6) is -2.97. The fourth-order valence-corrected chi connectivity index (χ4v) is 5.43. The maximum absolute atomic E-state index is 14.9. The number of amides is 1. The average molecular weight is 619 g/mol. The lowest BCUT2D eigenvalue weighted by atomic mass is 9.97. The number of aromatic hydroxyl groups is 2. The van der Waals surface area contributed by atoms with Crippen LogP contribution in [0.1, 0.15) is 21.5 Å². The van der Waals surface area contributed by atoms with Crippen LogP contribution in [0.25, 0.3) is 0 Å². The quantitative estimate of drug-likeness (QED) is 0.307. The van der Waals surface area contributed by atoms with Crippen LogP contribution >= 0.6 is 0 Å². The Labute approximate surface area is 258 Å². The van der Waals surface area contributed by atoms with Crippen LogP contribution in [-0.4, -0.2) is 73.6 Å². The number of hydrogen-bond acceptors (Lipinski definition) is 8. The van der Waals surface area contributed by atoms with Gasteiger partial charge in [0, 0.05) is 55.5 Å². The maximum Gasteiger partial charge on any atom is 0.305 e. The van der Waals surface area contributed by atoms with Gasteiger partial charge in [-0.2, -0.15) is 0 Å². The molecule has 11 heteroatoms. The Morgan fingerprint density at radius 3 is 1.76 bits per heavy atom. The van der Waals surface area contributed by atoms with Crippen molar-refractivity contribution >= 4 is 11.6 Å². The van der Waals surface area contributed by atoms with E-state index in [9.17, 15) is 18.7 Å². The summed E-state index contributed by atoms with van der Waals surface area (Å²) in [6, 6.07) is 24.3. The Morgan fingerprint density at radius 1 is 0.667 bits per heavy atom. The van der Waals surface area contributed by atoms with Gasteiger partial charge in [0.15, 0.2) is 23.0 Å². The summed E-state index contributed by atoms with van der Waals surface area (Å²) in [6.07, 6.45) is 0. The number of carbonyl (C=O) groups is 1. The number of ether oxygens (including phenoxy) is 4. The van der Waals surface area contributed by atoms with Crippen molar-refractivity contribution in [2.45, 2.75) is 5.79 Å². The number of hydrogen-bond donors (Lipinski definition) is 2. The molecule has 1 amide bonds. The molecule has 45 heavy (non-hydrogen) atoms. The van der Waals surface area contributed by atoms with E-state index in [1.807, 2.05) is 65.6 Å². The number of phenols is 2. The highest BCUT2D eigenvalue weighted by molar-refractivity contribution is 5.95. The molecule has 3 aliphatic heterocycles. The largest absolute Gasteiger partial charge is 0.504 e. The standard InChI is InChI=1S/C23H20FNO3.C11H12FNO4/c24-19-15-21-22(16-20(19)25-11-13-26-14-12-25)28-23(27-21,17-7-3-1-4-8-17)18-9-5-2-6-10-18;12-8-6-10(15)9(14)5-7(8)11(16)13-1-3-17-4-2-13/h1-10,15-16H,11-14H2;5-6,14-15H,1-4H2. The molecule has 3 aliphatic rings. The van der Waals surface area contributed by atoms with Crippen LogP contribution in [0, 0.1) is 11.6 Å². The zero-order chi connectivity index (χ0) is 31.4. The Morgan fingerprint density at radius 2 is 1.18 bits per heavy atom. The van der Waals surface area contributed by atoms with Gasteiger partial charge in [0.05, 0.1) is 37.7 Å². The van der Waals surface area contributed by atoms with Gasteiger partial charge in [0.2, 0.25) is 0 Å². The Hall–Kier alpha value is -4.87. The molecule has 234 valence electrons. The van der Waals surface area contributed by atoms with Gasteiger partial charge in [-0.15, -0.1) is 0 Å². The third-order valence-electron chi connectivity index (χ3n) is 7.77. The summed E-state index contributed by atoms with van der Waals surface area (Å²) in [4.78, 5) is 15.3. The van der Waals surface area contributed by atoms with Crippen molar-refractivity contribution in [3.05, 3.63) is 113 Å². The van der Waals surface area contributed by atoms with E-state index in [0.717, 1.165) is 23.3 Å². The van der Waals surface area contributed by atoms with Crippen molar-refractivity contribution in [2.75, 3.05) is 57.5 Å². The Balaban J connectivity index is 0.000000180. The first-order valence-electron chi connectivity index (χ1n) is 14.6. The molecule has 4 aromatic carbocycles. The summed E-state index contributed by atoms with van der Waals surface area (Å²) in [5, 5.41) is 18.3. The SMILES string of the molecule is Fc1cc2c(cc1N1CCOCC1)OC(c1ccccc1)(c1ccccc1)O2.O=C(c1cc(O)c(O)cc1F)N1CCOCC1. The van der Waals surface area contributed by atoms with Crippen molar-refractivity contribution in [1.29, 1.82) is 0 Å². The topological polar surface area (TPSA) is 101 Å². The number of morpholine rings is 2. The molecule has 2 saturated heterocycles. The van der Waals surface area contributed by atoms with Crippen LogP contribution < -0.4 is 14.4 Å². The van der Waals surface area contributed by atoms with E-state index in [4.69, 9.17) is 24.1 Å². The third-order valence-corrected chi connectivity index (χ3v) is 7.77. The molecule has 9 nitrogen and oxygen atoms in total. The Bertz CT molecular complexity index is 1600. The number of benzene rings is 4. The molecule has 2 N–H and O–H groups in total. The van der Waals surface area contributed by atoms with Crippen molar-refractivity contribution in [1.82, 2.24) is 4.90 Å². The van der Waals surface area contributed by atoms with Gasteiger partial charge in [-0.3, -0.25) is 4.79 Å².